The number of hydrogen-bond acceptors (Lipinski definition) is 4. The van der Waals surface area contributed by atoms with Crippen LogP contribution in [0.1, 0.15) is 20.3 Å². The molecule has 0 bridgehead atoms. The topological polar surface area (TPSA) is 63.7 Å². The zero-order valence-corrected chi connectivity index (χ0v) is 11.0. The summed E-state index contributed by atoms with van der Waals surface area (Å²) in [6.45, 7) is 3.52. The lowest BCUT2D eigenvalue weighted by molar-refractivity contribution is -0.165. The van der Waals surface area contributed by atoms with E-state index in [0.717, 1.165) is 12.0 Å². The third-order valence-electron chi connectivity index (χ3n) is 3.79. The molecule has 0 saturated carbocycles. The third kappa shape index (κ3) is 2.59. The van der Waals surface area contributed by atoms with Crippen LogP contribution < -0.4 is 0 Å². The van der Waals surface area contributed by atoms with Crippen LogP contribution in [-0.2, 0) is 19.1 Å². The number of carbonyl (C=O) groups is 3. The normalized spacial score (nSPS) is 29.3. The van der Waals surface area contributed by atoms with Gasteiger partial charge in [-0.25, -0.2) is 4.79 Å². The van der Waals surface area contributed by atoms with Crippen molar-refractivity contribution in [2.45, 2.75) is 26.3 Å². The number of amides is 1. The van der Waals surface area contributed by atoms with Crippen molar-refractivity contribution in [1.82, 2.24) is 4.90 Å². The van der Waals surface area contributed by atoms with Crippen LogP contribution in [0.4, 0.5) is 0 Å². The second-order valence-electron chi connectivity index (χ2n) is 5.01. The van der Waals surface area contributed by atoms with E-state index in [1.54, 1.807) is 0 Å². The summed E-state index contributed by atoms with van der Waals surface area (Å²) < 4.78 is 4.66. The average molecular weight is 263 g/mol. The van der Waals surface area contributed by atoms with Crippen molar-refractivity contribution in [3.63, 3.8) is 0 Å². The lowest BCUT2D eigenvalue weighted by atomic mass is 9.74. The smallest absolute Gasteiger partial charge is 0.336 e. The largest absolute Gasteiger partial charge is 0.392 e. The molecule has 3 atom stereocenters. The summed E-state index contributed by atoms with van der Waals surface area (Å²) in [6, 6.07) is -0.685. The fourth-order valence-corrected chi connectivity index (χ4v) is 2.90. The summed E-state index contributed by atoms with van der Waals surface area (Å²) in [4.78, 5) is 35.5. The van der Waals surface area contributed by atoms with Crippen LogP contribution in [0.25, 0.3) is 0 Å². The number of piperidine rings is 1. The van der Waals surface area contributed by atoms with Gasteiger partial charge in [-0.15, -0.1) is 0 Å². The van der Waals surface area contributed by atoms with E-state index in [0.29, 0.717) is 13.0 Å². The van der Waals surface area contributed by atoms with Gasteiger partial charge in [-0.3, -0.25) is 9.59 Å². The quantitative estimate of drug-likeness (QED) is 0.424. The molecular formula is C14H17NO4. The maximum absolute atomic E-state index is 12.0. The zero-order chi connectivity index (χ0) is 14.0. The molecule has 1 saturated heterocycles. The van der Waals surface area contributed by atoms with Crippen molar-refractivity contribution in [2.75, 3.05) is 6.54 Å². The van der Waals surface area contributed by atoms with E-state index in [1.807, 2.05) is 19.1 Å². The van der Waals surface area contributed by atoms with Gasteiger partial charge in [-0.2, -0.15) is 0 Å². The Morgan fingerprint density at radius 2 is 2.21 bits per heavy atom. The highest BCUT2D eigenvalue weighted by Crippen LogP contribution is 2.37. The number of fused-ring (bicyclic) bond motifs is 1. The molecule has 19 heavy (non-hydrogen) atoms. The minimum atomic E-state index is -0.685. The first-order chi connectivity index (χ1) is 9.04. The molecule has 2 rings (SSSR count). The van der Waals surface area contributed by atoms with E-state index in [9.17, 15) is 14.4 Å². The van der Waals surface area contributed by atoms with Gasteiger partial charge in [0.1, 0.15) is 6.04 Å². The summed E-state index contributed by atoms with van der Waals surface area (Å²) in [7, 11) is 0. The van der Waals surface area contributed by atoms with Gasteiger partial charge in [0.15, 0.2) is 0 Å². The molecule has 1 aliphatic heterocycles. The predicted octanol–water partition coefficient (Wildman–Crippen LogP) is 1.06. The molecule has 102 valence electrons. The number of hydrogen-bond donors (Lipinski definition) is 0. The molecule has 1 fully saturated rings. The van der Waals surface area contributed by atoms with Gasteiger partial charge in [-0.05, 0) is 23.8 Å². The van der Waals surface area contributed by atoms with Gasteiger partial charge in [0.05, 0.1) is 0 Å². The van der Waals surface area contributed by atoms with Crippen molar-refractivity contribution in [1.29, 1.82) is 0 Å². The molecule has 0 N–H and O–H groups in total. The zero-order valence-electron chi connectivity index (χ0n) is 11.0. The minimum Gasteiger partial charge on any atom is -0.392 e. The summed E-state index contributed by atoms with van der Waals surface area (Å²) in [5.41, 5.74) is 1.15. The lowest BCUT2D eigenvalue weighted by Crippen LogP contribution is -2.53. The van der Waals surface area contributed by atoms with Crippen LogP contribution >= 0.6 is 0 Å². The molecule has 1 heterocycles. The SMILES string of the molecule is CC(=O)OC(=O)C1C(C)C2CC=CC=C2CN1C=O. The molecule has 0 aromatic rings. The first kappa shape index (κ1) is 13.5. The number of allylic oxidation sites excluding steroid dienone is 3. The Morgan fingerprint density at radius 3 is 2.84 bits per heavy atom. The van der Waals surface area contributed by atoms with Gasteiger partial charge in [0.25, 0.3) is 0 Å². The Labute approximate surface area is 111 Å². The Kier molecular flexibility index (Phi) is 3.83. The lowest BCUT2D eigenvalue weighted by Gasteiger charge is -2.43. The first-order valence-corrected chi connectivity index (χ1v) is 6.33. The average Bonchev–Trinajstić information content (AvgIpc) is 2.37. The number of carbonyl (C=O) groups excluding carboxylic acids is 3. The van der Waals surface area contributed by atoms with E-state index in [2.05, 4.69) is 10.8 Å². The molecule has 0 aromatic carbocycles. The maximum atomic E-state index is 12.0. The molecule has 2 aliphatic rings. The van der Waals surface area contributed by atoms with Crippen molar-refractivity contribution in [2.24, 2.45) is 11.8 Å². The maximum Gasteiger partial charge on any atom is 0.336 e. The first-order valence-electron chi connectivity index (χ1n) is 6.33. The van der Waals surface area contributed by atoms with Crippen molar-refractivity contribution in [3.05, 3.63) is 23.8 Å². The van der Waals surface area contributed by atoms with Crippen LogP contribution in [0.15, 0.2) is 23.8 Å². The van der Waals surface area contributed by atoms with E-state index >= 15 is 0 Å². The molecule has 0 aromatic heterocycles. The number of rotatable bonds is 2. The van der Waals surface area contributed by atoms with Crippen molar-refractivity contribution in [3.8, 4) is 0 Å². The second-order valence-corrected chi connectivity index (χ2v) is 5.01. The van der Waals surface area contributed by atoms with Crippen molar-refractivity contribution >= 4 is 18.3 Å². The van der Waals surface area contributed by atoms with E-state index in [1.165, 1.54) is 11.8 Å². The Hall–Kier alpha value is -1.91. The molecule has 0 spiro atoms. The molecule has 3 unspecified atom stereocenters. The Balaban J connectivity index is 2.24. The van der Waals surface area contributed by atoms with Crippen LogP contribution in [-0.4, -0.2) is 35.8 Å². The molecule has 5 nitrogen and oxygen atoms in total. The number of esters is 2. The highest BCUT2D eigenvalue weighted by atomic mass is 16.6. The third-order valence-corrected chi connectivity index (χ3v) is 3.79. The highest BCUT2D eigenvalue weighted by Gasteiger charge is 2.42. The number of likely N-dealkylation sites (tertiary alicyclic amines) is 1. The van der Waals surface area contributed by atoms with Gasteiger partial charge in [0.2, 0.25) is 6.41 Å². The molecule has 5 heteroatoms. The summed E-state index contributed by atoms with van der Waals surface area (Å²) in [5.74, 6) is -1.12. The second kappa shape index (κ2) is 5.38. The summed E-state index contributed by atoms with van der Waals surface area (Å²) in [5, 5.41) is 0. The number of ether oxygens (including phenoxy) is 1. The molecule has 1 aliphatic carbocycles. The molecular weight excluding hydrogens is 246 g/mol. The molecule has 1 amide bonds. The van der Waals surface area contributed by atoms with Crippen LogP contribution in [0.5, 0.6) is 0 Å². The van der Waals surface area contributed by atoms with Crippen molar-refractivity contribution < 1.29 is 19.1 Å². The Morgan fingerprint density at radius 1 is 1.47 bits per heavy atom. The summed E-state index contributed by atoms with van der Waals surface area (Å²) >= 11 is 0. The van der Waals surface area contributed by atoms with Gasteiger partial charge < -0.3 is 9.64 Å². The van der Waals surface area contributed by atoms with Gasteiger partial charge >= 0.3 is 11.9 Å². The summed E-state index contributed by atoms with van der Waals surface area (Å²) in [6.07, 6.45) is 7.51. The van der Waals surface area contributed by atoms with E-state index < -0.39 is 18.0 Å². The van der Waals surface area contributed by atoms with Gasteiger partial charge in [0, 0.05) is 13.5 Å². The van der Waals surface area contributed by atoms with Crippen LogP contribution in [0, 0.1) is 11.8 Å². The Bertz CT molecular complexity index is 466. The number of nitrogens with zero attached hydrogens (tertiary/aromatic N) is 1. The van der Waals surface area contributed by atoms with E-state index in [4.69, 9.17) is 0 Å². The predicted molar refractivity (Wildman–Crippen MR) is 67.8 cm³/mol. The van der Waals surface area contributed by atoms with Gasteiger partial charge in [-0.1, -0.05) is 25.2 Å². The van der Waals surface area contributed by atoms with E-state index in [-0.39, 0.29) is 11.8 Å². The fourth-order valence-electron chi connectivity index (χ4n) is 2.90. The van der Waals surface area contributed by atoms with Crippen LogP contribution in [0.2, 0.25) is 0 Å². The van der Waals surface area contributed by atoms with Crippen LogP contribution in [0.3, 0.4) is 0 Å². The fraction of sp³-hybridized carbons (Fsp3) is 0.500. The standard InChI is InChI=1S/C14H17NO4/c1-9-12-6-4-3-5-11(12)7-15(8-16)13(9)14(18)19-10(2)17/h3-5,8-9,12-13H,6-7H2,1-2H3. The monoisotopic (exact) mass is 263 g/mol. The highest BCUT2D eigenvalue weighted by molar-refractivity contribution is 5.89. The minimum absolute atomic E-state index is 0.0676. The molecule has 0 radical (unpaired) electrons.